The zero-order valence-electron chi connectivity index (χ0n) is 11.7. The Morgan fingerprint density at radius 3 is 2.78 bits per heavy atom. The molecule has 0 heterocycles. The van der Waals surface area contributed by atoms with E-state index in [0.717, 1.165) is 25.4 Å². The fraction of sp³-hybridized carbons (Fsp3) is 0.625. The molecule has 1 aliphatic carbocycles. The van der Waals surface area contributed by atoms with Gasteiger partial charge in [-0.1, -0.05) is 31.9 Å². The van der Waals surface area contributed by atoms with E-state index in [9.17, 15) is 0 Å². The van der Waals surface area contributed by atoms with E-state index in [1.807, 2.05) is 13.0 Å². The van der Waals surface area contributed by atoms with Crippen LogP contribution in [0.1, 0.15) is 45.1 Å². The van der Waals surface area contributed by atoms with Crippen molar-refractivity contribution < 1.29 is 4.74 Å². The summed E-state index contributed by atoms with van der Waals surface area (Å²) in [4.78, 5) is 0. The van der Waals surface area contributed by atoms with E-state index in [1.165, 1.54) is 31.2 Å². The molecule has 1 saturated carbocycles. The van der Waals surface area contributed by atoms with Crippen LogP contribution in [0.15, 0.2) is 24.3 Å². The molecule has 2 heteroatoms. The second kappa shape index (κ2) is 6.24. The highest BCUT2D eigenvalue weighted by Crippen LogP contribution is 2.36. The zero-order valence-corrected chi connectivity index (χ0v) is 11.7. The van der Waals surface area contributed by atoms with Crippen molar-refractivity contribution in [3.63, 3.8) is 0 Å². The molecule has 100 valence electrons. The molecule has 1 fully saturated rings. The molecule has 0 aliphatic heterocycles. The van der Waals surface area contributed by atoms with Crippen molar-refractivity contribution in [2.24, 2.45) is 5.41 Å². The lowest BCUT2D eigenvalue weighted by molar-refractivity contribution is 0.314. The molecule has 1 N–H and O–H groups in total. The minimum absolute atomic E-state index is 0.525. The minimum atomic E-state index is 0.525. The van der Waals surface area contributed by atoms with Gasteiger partial charge in [0.2, 0.25) is 0 Å². The van der Waals surface area contributed by atoms with E-state index in [4.69, 9.17) is 4.74 Å². The third kappa shape index (κ3) is 3.74. The Bertz CT molecular complexity index is 369. The van der Waals surface area contributed by atoms with E-state index in [2.05, 4.69) is 30.4 Å². The van der Waals surface area contributed by atoms with Crippen LogP contribution in [0.25, 0.3) is 0 Å². The third-order valence-corrected chi connectivity index (χ3v) is 3.90. The summed E-state index contributed by atoms with van der Waals surface area (Å²) in [5, 5.41) is 3.60. The van der Waals surface area contributed by atoms with Gasteiger partial charge in [-0.25, -0.2) is 0 Å². The SMILES string of the molecule is CCOc1cccc(CNCC2(C)CCCC2)c1. The van der Waals surface area contributed by atoms with Crippen molar-refractivity contribution in [1.29, 1.82) is 0 Å². The Labute approximate surface area is 111 Å². The normalized spacial score (nSPS) is 17.9. The van der Waals surface area contributed by atoms with Crippen molar-refractivity contribution in [3.05, 3.63) is 29.8 Å². The van der Waals surface area contributed by atoms with Crippen LogP contribution < -0.4 is 10.1 Å². The molecule has 1 aliphatic rings. The first-order valence-corrected chi connectivity index (χ1v) is 7.14. The quantitative estimate of drug-likeness (QED) is 0.826. The summed E-state index contributed by atoms with van der Waals surface area (Å²) in [6.45, 7) is 7.23. The first kappa shape index (κ1) is 13.4. The maximum absolute atomic E-state index is 5.52. The number of rotatable bonds is 6. The number of nitrogens with one attached hydrogen (secondary N) is 1. The fourth-order valence-electron chi connectivity index (χ4n) is 2.83. The number of hydrogen-bond donors (Lipinski definition) is 1. The number of benzene rings is 1. The van der Waals surface area contributed by atoms with Crippen molar-refractivity contribution >= 4 is 0 Å². The summed E-state index contributed by atoms with van der Waals surface area (Å²) < 4.78 is 5.52. The van der Waals surface area contributed by atoms with Crippen molar-refractivity contribution in [3.8, 4) is 5.75 Å². The highest BCUT2D eigenvalue weighted by atomic mass is 16.5. The highest BCUT2D eigenvalue weighted by Gasteiger charge is 2.27. The smallest absolute Gasteiger partial charge is 0.119 e. The van der Waals surface area contributed by atoms with Gasteiger partial charge in [0.15, 0.2) is 0 Å². The summed E-state index contributed by atoms with van der Waals surface area (Å²) in [5.41, 5.74) is 1.83. The Hall–Kier alpha value is -1.02. The Kier molecular flexibility index (Phi) is 4.65. The van der Waals surface area contributed by atoms with Gasteiger partial charge in [-0.05, 0) is 42.9 Å². The summed E-state index contributed by atoms with van der Waals surface area (Å²) in [7, 11) is 0. The summed E-state index contributed by atoms with van der Waals surface area (Å²) in [6.07, 6.45) is 5.55. The second-order valence-corrected chi connectivity index (χ2v) is 5.70. The molecule has 0 atom stereocenters. The summed E-state index contributed by atoms with van der Waals surface area (Å²) >= 11 is 0. The van der Waals surface area contributed by atoms with Crippen LogP contribution in [-0.4, -0.2) is 13.2 Å². The molecule has 1 aromatic carbocycles. The van der Waals surface area contributed by atoms with Gasteiger partial charge in [-0.15, -0.1) is 0 Å². The number of ether oxygens (including phenoxy) is 1. The van der Waals surface area contributed by atoms with E-state index in [0.29, 0.717) is 5.41 Å². The lowest BCUT2D eigenvalue weighted by atomic mass is 9.89. The molecular formula is C16H25NO. The molecule has 0 unspecified atom stereocenters. The standard InChI is InChI=1S/C16H25NO/c1-3-18-15-8-6-7-14(11-15)12-17-13-16(2)9-4-5-10-16/h6-8,11,17H,3-5,9-10,12-13H2,1-2H3. The minimum Gasteiger partial charge on any atom is -0.494 e. The fourth-order valence-corrected chi connectivity index (χ4v) is 2.83. The predicted octanol–water partition coefficient (Wildman–Crippen LogP) is 3.76. The predicted molar refractivity (Wildman–Crippen MR) is 75.9 cm³/mol. The van der Waals surface area contributed by atoms with Crippen LogP contribution in [0.5, 0.6) is 5.75 Å². The van der Waals surface area contributed by atoms with E-state index in [-0.39, 0.29) is 0 Å². The molecule has 0 amide bonds. The molecule has 18 heavy (non-hydrogen) atoms. The van der Waals surface area contributed by atoms with Gasteiger partial charge in [0, 0.05) is 13.1 Å². The van der Waals surface area contributed by atoms with Gasteiger partial charge in [0.25, 0.3) is 0 Å². The van der Waals surface area contributed by atoms with Crippen molar-refractivity contribution in [2.75, 3.05) is 13.2 Å². The van der Waals surface area contributed by atoms with Gasteiger partial charge in [-0.3, -0.25) is 0 Å². The van der Waals surface area contributed by atoms with Crippen LogP contribution in [0, 0.1) is 5.41 Å². The largest absolute Gasteiger partial charge is 0.494 e. The lowest BCUT2D eigenvalue weighted by Crippen LogP contribution is -2.29. The molecule has 0 aromatic heterocycles. The molecule has 1 aromatic rings. The van der Waals surface area contributed by atoms with Gasteiger partial charge >= 0.3 is 0 Å². The maximum Gasteiger partial charge on any atom is 0.119 e. The molecule has 0 saturated heterocycles. The van der Waals surface area contributed by atoms with Crippen LogP contribution in [0.4, 0.5) is 0 Å². The molecule has 2 nitrogen and oxygen atoms in total. The maximum atomic E-state index is 5.52. The Morgan fingerprint density at radius 2 is 2.06 bits per heavy atom. The van der Waals surface area contributed by atoms with Crippen LogP contribution >= 0.6 is 0 Å². The van der Waals surface area contributed by atoms with Gasteiger partial charge in [-0.2, -0.15) is 0 Å². The second-order valence-electron chi connectivity index (χ2n) is 5.70. The lowest BCUT2D eigenvalue weighted by Gasteiger charge is -2.23. The highest BCUT2D eigenvalue weighted by molar-refractivity contribution is 5.28. The molecular weight excluding hydrogens is 222 g/mol. The summed E-state index contributed by atoms with van der Waals surface area (Å²) in [5.74, 6) is 0.976. The van der Waals surface area contributed by atoms with Crippen LogP contribution in [0.2, 0.25) is 0 Å². The average molecular weight is 247 g/mol. The van der Waals surface area contributed by atoms with Crippen molar-refractivity contribution in [1.82, 2.24) is 5.32 Å². The molecule has 0 spiro atoms. The first-order valence-electron chi connectivity index (χ1n) is 7.14. The molecule has 0 radical (unpaired) electrons. The van der Waals surface area contributed by atoms with E-state index < -0.39 is 0 Å². The molecule has 0 bridgehead atoms. The van der Waals surface area contributed by atoms with Gasteiger partial charge in [0.05, 0.1) is 6.61 Å². The Balaban J connectivity index is 1.80. The van der Waals surface area contributed by atoms with E-state index >= 15 is 0 Å². The van der Waals surface area contributed by atoms with Crippen molar-refractivity contribution in [2.45, 2.75) is 46.1 Å². The Morgan fingerprint density at radius 1 is 1.28 bits per heavy atom. The van der Waals surface area contributed by atoms with Gasteiger partial charge < -0.3 is 10.1 Å². The number of hydrogen-bond acceptors (Lipinski definition) is 2. The topological polar surface area (TPSA) is 21.3 Å². The van der Waals surface area contributed by atoms with Crippen LogP contribution in [-0.2, 0) is 6.54 Å². The zero-order chi connectivity index (χ0) is 12.8. The monoisotopic (exact) mass is 247 g/mol. The van der Waals surface area contributed by atoms with E-state index in [1.54, 1.807) is 0 Å². The average Bonchev–Trinajstić information content (AvgIpc) is 2.77. The first-order chi connectivity index (χ1) is 8.72. The van der Waals surface area contributed by atoms with Crippen LogP contribution in [0.3, 0.4) is 0 Å². The molecule has 2 rings (SSSR count). The van der Waals surface area contributed by atoms with Gasteiger partial charge in [0.1, 0.15) is 5.75 Å². The summed E-state index contributed by atoms with van der Waals surface area (Å²) in [6, 6.07) is 8.38. The third-order valence-electron chi connectivity index (χ3n) is 3.90.